The van der Waals surface area contributed by atoms with Gasteiger partial charge in [-0.25, -0.2) is 31.7 Å². The van der Waals surface area contributed by atoms with Crippen molar-refractivity contribution < 1.29 is 39.9 Å². The molecule has 1 aliphatic heterocycles. The zero-order chi connectivity index (χ0) is 27.1. The maximum atomic E-state index is 14.5. The van der Waals surface area contributed by atoms with Crippen LogP contribution in [-0.2, 0) is 16.2 Å². The first-order chi connectivity index (χ1) is 17.4. The molecule has 11 nitrogen and oxygen atoms in total. The molecule has 0 radical (unpaired) electrons. The lowest BCUT2D eigenvalue weighted by Crippen LogP contribution is -2.41. The summed E-state index contributed by atoms with van der Waals surface area (Å²) < 4.78 is 98.4. The predicted octanol–water partition coefficient (Wildman–Crippen LogP) is 1.92. The highest BCUT2D eigenvalue weighted by molar-refractivity contribution is 7.92. The summed E-state index contributed by atoms with van der Waals surface area (Å²) in [7, 11) is -3.05. The van der Waals surface area contributed by atoms with Gasteiger partial charge in [-0.3, -0.25) is 4.79 Å². The number of rotatable bonds is 6. The standard InChI is InChI=1S/C20H18F5N7O4S/c1-36-19-11(18(33)30-14-8-31(7-13(14)22)37(34,35)3-2-21)4-10(6-27-19)15-5-12(20(23,24)25)16-17(26)28-9-29-32(15)16/h2-6,9,13-14H,7-8H2,1H3,(H,30,33)(H2,26,28,29)/b3-2-/t13-,14+/m0/s1. The molecule has 1 fully saturated rings. The molecule has 4 heterocycles. The number of methoxy groups -OCH3 is 1. The quantitative estimate of drug-likeness (QED) is 0.446. The summed E-state index contributed by atoms with van der Waals surface area (Å²) in [6, 6.07) is 0.618. The molecule has 3 N–H and O–H groups in total. The molecule has 0 unspecified atom stereocenters. The van der Waals surface area contributed by atoms with Crippen LogP contribution in [0, 0.1) is 0 Å². The minimum absolute atomic E-state index is 0.00931. The first kappa shape index (κ1) is 26.2. The second kappa shape index (κ2) is 9.55. The Balaban J connectivity index is 1.70. The van der Waals surface area contributed by atoms with Crippen molar-refractivity contribution in [1.29, 1.82) is 0 Å². The third-order valence-electron chi connectivity index (χ3n) is 5.59. The van der Waals surface area contributed by atoms with Crippen LogP contribution in [0.3, 0.4) is 0 Å². The monoisotopic (exact) mass is 547 g/mol. The smallest absolute Gasteiger partial charge is 0.418 e. The van der Waals surface area contributed by atoms with Gasteiger partial charge in [0.1, 0.15) is 23.6 Å². The molecular weight excluding hydrogens is 529 g/mol. The first-order valence-electron chi connectivity index (χ1n) is 10.3. The van der Waals surface area contributed by atoms with Crippen LogP contribution in [0.1, 0.15) is 15.9 Å². The third-order valence-corrected chi connectivity index (χ3v) is 7.05. The number of fused-ring (bicyclic) bond motifs is 1. The fourth-order valence-corrected chi connectivity index (χ4v) is 4.90. The Morgan fingerprint density at radius 1 is 1.27 bits per heavy atom. The van der Waals surface area contributed by atoms with Gasteiger partial charge in [0.05, 0.1) is 36.1 Å². The van der Waals surface area contributed by atoms with Crippen molar-refractivity contribution in [2.75, 3.05) is 25.9 Å². The van der Waals surface area contributed by atoms with Gasteiger partial charge in [-0.05, 0) is 12.1 Å². The average Bonchev–Trinajstić information content (AvgIpc) is 3.41. The molecule has 0 saturated carbocycles. The molecule has 0 spiro atoms. The van der Waals surface area contributed by atoms with Crippen LogP contribution in [0.25, 0.3) is 16.8 Å². The van der Waals surface area contributed by atoms with E-state index in [2.05, 4.69) is 20.4 Å². The largest absolute Gasteiger partial charge is 0.480 e. The lowest BCUT2D eigenvalue weighted by atomic mass is 10.1. The summed E-state index contributed by atoms with van der Waals surface area (Å²) in [5.41, 5.74) is 3.65. The molecule has 0 bridgehead atoms. The summed E-state index contributed by atoms with van der Waals surface area (Å²) in [6.07, 6.45) is -4.73. The number of halogens is 5. The number of carbonyl (C=O) groups is 1. The predicted molar refractivity (Wildman–Crippen MR) is 119 cm³/mol. The molecule has 0 aliphatic carbocycles. The topological polar surface area (TPSA) is 145 Å². The van der Waals surface area contributed by atoms with Gasteiger partial charge in [0, 0.05) is 24.8 Å². The van der Waals surface area contributed by atoms with Crippen LogP contribution in [0.15, 0.2) is 36.4 Å². The van der Waals surface area contributed by atoms with Crippen molar-refractivity contribution >= 4 is 27.3 Å². The van der Waals surface area contributed by atoms with E-state index in [0.29, 0.717) is 4.31 Å². The fourth-order valence-electron chi connectivity index (χ4n) is 3.88. The average molecular weight is 547 g/mol. The van der Waals surface area contributed by atoms with E-state index in [4.69, 9.17) is 10.5 Å². The number of nitrogens with zero attached hydrogens (tertiary/aromatic N) is 5. The van der Waals surface area contributed by atoms with Crippen molar-refractivity contribution in [3.8, 4) is 17.1 Å². The second-order valence-corrected chi connectivity index (χ2v) is 9.67. The number of alkyl halides is 4. The zero-order valence-electron chi connectivity index (χ0n) is 18.8. The Labute approximate surface area is 205 Å². The van der Waals surface area contributed by atoms with Crippen molar-refractivity contribution in [2.24, 2.45) is 0 Å². The van der Waals surface area contributed by atoms with Gasteiger partial charge in [0.25, 0.3) is 5.91 Å². The van der Waals surface area contributed by atoms with Gasteiger partial charge in [-0.2, -0.15) is 22.6 Å². The van der Waals surface area contributed by atoms with E-state index in [1.54, 1.807) is 0 Å². The van der Waals surface area contributed by atoms with E-state index >= 15 is 0 Å². The molecule has 1 saturated heterocycles. The number of aromatic nitrogens is 4. The van der Waals surface area contributed by atoms with Gasteiger partial charge in [0.2, 0.25) is 15.9 Å². The van der Waals surface area contributed by atoms with Gasteiger partial charge in [-0.15, -0.1) is 0 Å². The molecule has 2 atom stereocenters. The number of nitrogens with one attached hydrogen (secondary N) is 1. The minimum atomic E-state index is -4.80. The van der Waals surface area contributed by atoms with Gasteiger partial charge in [-0.1, -0.05) is 0 Å². The Bertz CT molecular complexity index is 1490. The van der Waals surface area contributed by atoms with Crippen LogP contribution >= 0.6 is 0 Å². The number of nitrogens with two attached hydrogens (primary N) is 1. The Hall–Kier alpha value is -3.86. The number of hydrogen-bond donors (Lipinski definition) is 2. The summed E-state index contributed by atoms with van der Waals surface area (Å²) in [4.78, 5) is 20.6. The van der Waals surface area contributed by atoms with Crippen LogP contribution in [0.4, 0.5) is 27.8 Å². The van der Waals surface area contributed by atoms with Crippen molar-refractivity contribution in [1.82, 2.24) is 29.2 Å². The number of nitrogen functional groups attached to an aromatic ring is 1. The van der Waals surface area contributed by atoms with Gasteiger partial charge in [0.15, 0.2) is 5.82 Å². The number of anilines is 1. The van der Waals surface area contributed by atoms with Crippen LogP contribution in [0.2, 0.25) is 0 Å². The van der Waals surface area contributed by atoms with E-state index in [-0.39, 0.29) is 34.4 Å². The number of hydrogen-bond acceptors (Lipinski definition) is 8. The number of carbonyl (C=O) groups excluding carboxylic acids is 1. The first-order valence-corrected chi connectivity index (χ1v) is 11.8. The highest BCUT2D eigenvalue weighted by atomic mass is 32.2. The highest BCUT2D eigenvalue weighted by Gasteiger charge is 2.40. The van der Waals surface area contributed by atoms with Crippen molar-refractivity contribution in [3.05, 3.63) is 47.5 Å². The Morgan fingerprint density at radius 3 is 2.65 bits per heavy atom. The van der Waals surface area contributed by atoms with Gasteiger partial charge < -0.3 is 15.8 Å². The second-order valence-electron chi connectivity index (χ2n) is 7.85. The van der Waals surface area contributed by atoms with Crippen LogP contribution in [-0.4, -0.2) is 70.6 Å². The lowest BCUT2D eigenvalue weighted by molar-refractivity contribution is -0.136. The highest BCUT2D eigenvalue weighted by Crippen LogP contribution is 2.39. The van der Waals surface area contributed by atoms with Crippen molar-refractivity contribution in [3.63, 3.8) is 0 Å². The number of amides is 1. The Morgan fingerprint density at radius 2 is 2.00 bits per heavy atom. The minimum Gasteiger partial charge on any atom is -0.480 e. The normalized spacial score (nSPS) is 19.1. The maximum absolute atomic E-state index is 14.5. The fraction of sp³-hybridized carbons (Fsp3) is 0.300. The van der Waals surface area contributed by atoms with E-state index in [1.807, 2.05) is 0 Å². The molecule has 3 aromatic heterocycles. The van der Waals surface area contributed by atoms with E-state index in [9.17, 15) is 35.2 Å². The maximum Gasteiger partial charge on any atom is 0.418 e. The molecular formula is C20H18F5N7O4S. The summed E-state index contributed by atoms with van der Waals surface area (Å²) in [5, 5.41) is 6.42. The Kier molecular flexibility index (Phi) is 6.76. The summed E-state index contributed by atoms with van der Waals surface area (Å²) >= 11 is 0. The number of pyridine rings is 1. The molecule has 1 aliphatic rings. The van der Waals surface area contributed by atoms with E-state index in [1.165, 1.54) is 7.11 Å². The molecule has 198 valence electrons. The summed E-state index contributed by atoms with van der Waals surface area (Å²) in [5.74, 6) is -1.60. The molecule has 37 heavy (non-hydrogen) atoms. The zero-order valence-corrected chi connectivity index (χ0v) is 19.6. The van der Waals surface area contributed by atoms with E-state index < -0.39 is 64.3 Å². The lowest BCUT2D eigenvalue weighted by Gasteiger charge is -2.16. The van der Waals surface area contributed by atoms with Crippen LogP contribution < -0.4 is 15.8 Å². The molecule has 17 heteroatoms. The van der Waals surface area contributed by atoms with Crippen molar-refractivity contribution in [2.45, 2.75) is 18.4 Å². The van der Waals surface area contributed by atoms with Gasteiger partial charge >= 0.3 is 6.18 Å². The third kappa shape index (κ3) is 4.91. The molecule has 0 aromatic carbocycles. The molecule has 3 aromatic rings. The molecule has 4 rings (SSSR count). The van der Waals surface area contributed by atoms with E-state index in [0.717, 1.165) is 29.2 Å². The number of ether oxygens (including phenoxy) is 1. The SMILES string of the molecule is COc1ncc(-c2cc(C(F)(F)F)c3c(N)ncnn23)cc1C(=O)N[C@@H]1CN(S(=O)(=O)/C=C\F)C[C@@H]1F. The van der Waals surface area contributed by atoms with Crippen LogP contribution in [0.5, 0.6) is 5.88 Å². The summed E-state index contributed by atoms with van der Waals surface area (Å²) in [6.45, 7) is -1.10. The number of sulfonamides is 1. The molecule has 1 amide bonds.